The third kappa shape index (κ3) is 4.41. The maximum absolute atomic E-state index is 13.4. The second kappa shape index (κ2) is 7.75. The fourth-order valence-electron chi connectivity index (χ4n) is 2.78. The first-order valence-corrected chi connectivity index (χ1v) is 11.4. The number of anilines is 1. The van der Waals surface area contributed by atoms with Gasteiger partial charge in [0.15, 0.2) is 0 Å². The van der Waals surface area contributed by atoms with E-state index in [9.17, 15) is 16.8 Å². The number of primary sulfonamides is 1. The Bertz CT molecular complexity index is 1170. The number of hydrogen-bond acceptors (Lipinski definition) is 4. The summed E-state index contributed by atoms with van der Waals surface area (Å²) in [6, 6.07) is 21.3. The molecule has 0 aliphatic heterocycles. The van der Waals surface area contributed by atoms with Crippen molar-refractivity contribution in [2.24, 2.45) is 5.14 Å². The standard InChI is InChI=1S/C20H20N2O4S2/c1-16-6-5-9-18(14-16)22(15-17-7-3-2-4-8-17)28(25,26)20-12-10-19(11-13-20)27(21,23)24/h2-14H,15H2,1H3,(H2,21,23,24). The molecular weight excluding hydrogens is 396 g/mol. The van der Waals surface area contributed by atoms with Gasteiger partial charge in [-0.3, -0.25) is 4.31 Å². The first-order valence-electron chi connectivity index (χ1n) is 8.44. The van der Waals surface area contributed by atoms with Gasteiger partial charge in [-0.05, 0) is 54.4 Å². The van der Waals surface area contributed by atoms with E-state index in [2.05, 4.69) is 0 Å². The molecule has 0 fully saturated rings. The zero-order valence-corrected chi connectivity index (χ0v) is 16.8. The quantitative estimate of drug-likeness (QED) is 0.668. The lowest BCUT2D eigenvalue weighted by molar-refractivity contribution is 0.588. The molecule has 0 aliphatic carbocycles. The lowest BCUT2D eigenvalue weighted by atomic mass is 10.2. The van der Waals surface area contributed by atoms with Gasteiger partial charge in [0.25, 0.3) is 10.0 Å². The number of aryl methyl sites for hydroxylation is 1. The Morgan fingerprint density at radius 2 is 1.39 bits per heavy atom. The van der Waals surface area contributed by atoms with Crippen molar-refractivity contribution in [1.29, 1.82) is 0 Å². The monoisotopic (exact) mass is 416 g/mol. The summed E-state index contributed by atoms with van der Waals surface area (Å²) in [6.45, 7) is 2.03. The number of nitrogens with two attached hydrogens (primary N) is 1. The molecule has 8 heteroatoms. The Morgan fingerprint density at radius 3 is 1.96 bits per heavy atom. The van der Waals surface area contributed by atoms with Gasteiger partial charge in [-0.2, -0.15) is 0 Å². The summed E-state index contributed by atoms with van der Waals surface area (Å²) in [5, 5.41) is 5.10. The fraction of sp³-hybridized carbons (Fsp3) is 0.100. The van der Waals surface area contributed by atoms with Gasteiger partial charge in [0.2, 0.25) is 10.0 Å². The zero-order valence-electron chi connectivity index (χ0n) is 15.2. The predicted octanol–water partition coefficient (Wildman–Crippen LogP) is 3.04. The van der Waals surface area contributed by atoms with Crippen LogP contribution in [0.4, 0.5) is 5.69 Å². The molecule has 2 N–H and O–H groups in total. The van der Waals surface area contributed by atoms with E-state index in [4.69, 9.17) is 5.14 Å². The second-order valence-corrected chi connectivity index (χ2v) is 9.78. The van der Waals surface area contributed by atoms with Crippen LogP contribution in [0.2, 0.25) is 0 Å². The number of benzene rings is 3. The number of rotatable bonds is 6. The van der Waals surface area contributed by atoms with Gasteiger partial charge in [-0.25, -0.2) is 22.0 Å². The molecule has 0 atom stereocenters. The van der Waals surface area contributed by atoms with Crippen LogP contribution in [-0.4, -0.2) is 16.8 Å². The van der Waals surface area contributed by atoms with Crippen molar-refractivity contribution < 1.29 is 16.8 Å². The van der Waals surface area contributed by atoms with Gasteiger partial charge in [0.1, 0.15) is 0 Å². The third-order valence-corrected chi connectivity index (χ3v) is 6.92. The van der Waals surface area contributed by atoms with Crippen LogP contribution in [0.1, 0.15) is 11.1 Å². The Hall–Kier alpha value is -2.68. The third-order valence-electron chi connectivity index (χ3n) is 4.20. The van der Waals surface area contributed by atoms with E-state index in [1.54, 1.807) is 18.2 Å². The van der Waals surface area contributed by atoms with E-state index >= 15 is 0 Å². The second-order valence-electron chi connectivity index (χ2n) is 6.35. The molecule has 146 valence electrons. The Morgan fingerprint density at radius 1 is 0.786 bits per heavy atom. The lowest BCUT2D eigenvalue weighted by Crippen LogP contribution is -2.30. The zero-order chi connectivity index (χ0) is 20.4. The Labute approximate surface area is 165 Å². The van der Waals surface area contributed by atoms with Gasteiger partial charge >= 0.3 is 0 Å². The topological polar surface area (TPSA) is 97.5 Å². The summed E-state index contributed by atoms with van der Waals surface area (Å²) >= 11 is 0. The SMILES string of the molecule is Cc1cccc(N(Cc2ccccc2)S(=O)(=O)c2ccc(S(N)(=O)=O)cc2)c1. The molecular formula is C20H20N2O4S2. The predicted molar refractivity (Wildman–Crippen MR) is 109 cm³/mol. The molecule has 3 rings (SSSR count). The molecule has 3 aromatic carbocycles. The van der Waals surface area contributed by atoms with Crippen LogP contribution >= 0.6 is 0 Å². The van der Waals surface area contributed by atoms with Gasteiger partial charge in [0, 0.05) is 0 Å². The number of sulfonamides is 2. The average molecular weight is 417 g/mol. The molecule has 6 nitrogen and oxygen atoms in total. The molecule has 0 saturated carbocycles. The summed E-state index contributed by atoms with van der Waals surface area (Å²) in [7, 11) is -7.83. The molecule has 0 amide bonds. The molecule has 3 aromatic rings. The average Bonchev–Trinajstić information content (AvgIpc) is 2.66. The van der Waals surface area contributed by atoms with Crippen molar-refractivity contribution in [1.82, 2.24) is 0 Å². The van der Waals surface area contributed by atoms with E-state index in [1.807, 2.05) is 43.3 Å². The van der Waals surface area contributed by atoms with E-state index < -0.39 is 20.0 Å². The van der Waals surface area contributed by atoms with Crippen LogP contribution in [0.3, 0.4) is 0 Å². The molecule has 0 radical (unpaired) electrons. The maximum Gasteiger partial charge on any atom is 0.264 e. The highest BCUT2D eigenvalue weighted by Crippen LogP contribution is 2.27. The Kier molecular flexibility index (Phi) is 5.55. The molecule has 0 unspecified atom stereocenters. The highest BCUT2D eigenvalue weighted by Gasteiger charge is 2.26. The summed E-state index contributed by atoms with van der Waals surface area (Å²) in [4.78, 5) is -0.158. The van der Waals surface area contributed by atoms with Crippen molar-refractivity contribution >= 4 is 25.7 Å². The van der Waals surface area contributed by atoms with Crippen LogP contribution in [0.25, 0.3) is 0 Å². The summed E-state index contributed by atoms with van der Waals surface area (Å²) in [6.07, 6.45) is 0. The minimum absolute atomic E-state index is 0.0164. The summed E-state index contributed by atoms with van der Waals surface area (Å²) in [5.41, 5.74) is 2.28. The van der Waals surface area contributed by atoms with Crippen LogP contribution in [0.15, 0.2) is 88.7 Å². The number of nitrogens with zero attached hydrogens (tertiary/aromatic N) is 1. The van der Waals surface area contributed by atoms with E-state index in [0.29, 0.717) is 5.69 Å². The first kappa shape index (κ1) is 20.1. The fourth-order valence-corrected chi connectivity index (χ4v) is 4.74. The van der Waals surface area contributed by atoms with Gasteiger partial charge in [-0.15, -0.1) is 0 Å². The highest BCUT2D eigenvalue weighted by atomic mass is 32.2. The van der Waals surface area contributed by atoms with Crippen LogP contribution in [0.5, 0.6) is 0 Å². The van der Waals surface area contributed by atoms with Crippen molar-refractivity contribution in [2.75, 3.05) is 4.31 Å². The first-order chi connectivity index (χ1) is 13.2. The molecule has 0 saturated heterocycles. The molecule has 0 spiro atoms. The molecule has 28 heavy (non-hydrogen) atoms. The van der Waals surface area contributed by atoms with Crippen molar-refractivity contribution in [3.8, 4) is 0 Å². The maximum atomic E-state index is 13.4. The normalized spacial score (nSPS) is 11.9. The van der Waals surface area contributed by atoms with Crippen molar-refractivity contribution in [3.63, 3.8) is 0 Å². The van der Waals surface area contributed by atoms with E-state index in [1.165, 1.54) is 28.6 Å². The Balaban J connectivity index is 2.07. The van der Waals surface area contributed by atoms with E-state index in [-0.39, 0.29) is 16.3 Å². The van der Waals surface area contributed by atoms with Gasteiger partial charge in [0.05, 0.1) is 22.0 Å². The largest absolute Gasteiger partial charge is 0.264 e. The van der Waals surface area contributed by atoms with E-state index in [0.717, 1.165) is 11.1 Å². The highest BCUT2D eigenvalue weighted by molar-refractivity contribution is 7.92. The molecule has 0 heterocycles. The van der Waals surface area contributed by atoms with Gasteiger partial charge in [-0.1, -0.05) is 42.5 Å². The number of hydrogen-bond donors (Lipinski definition) is 1. The molecule has 0 bridgehead atoms. The smallest absolute Gasteiger partial charge is 0.262 e. The summed E-state index contributed by atoms with van der Waals surface area (Å²) in [5.74, 6) is 0. The summed E-state index contributed by atoms with van der Waals surface area (Å²) < 4.78 is 50.9. The van der Waals surface area contributed by atoms with Crippen LogP contribution in [0, 0.1) is 6.92 Å². The van der Waals surface area contributed by atoms with Crippen LogP contribution in [-0.2, 0) is 26.6 Å². The van der Waals surface area contributed by atoms with Crippen molar-refractivity contribution in [3.05, 3.63) is 90.0 Å². The lowest BCUT2D eigenvalue weighted by Gasteiger charge is -2.25. The molecule has 0 aliphatic rings. The van der Waals surface area contributed by atoms with Crippen molar-refractivity contribution in [2.45, 2.75) is 23.3 Å². The molecule has 0 aromatic heterocycles. The van der Waals surface area contributed by atoms with Crippen LogP contribution < -0.4 is 9.44 Å². The minimum Gasteiger partial charge on any atom is -0.262 e. The van der Waals surface area contributed by atoms with Gasteiger partial charge < -0.3 is 0 Å². The minimum atomic E-state index is -3.93.